The number of tetrazole rings is 1. The first-order valence-electron chi connectivity index (χ1n) is 3.02. The molecular weight excluding hydrogens is 200 g/mol. The fourth-order valence-electron chi connectivity index (χ4n) is 0.779. The van der Waals surface area contributed by atoms with E-state index in [4.69, 9.17) is 11.6 Å². The molecule has 0 spiro atoms. The molecule has 0 aliphatic rings. The van der Waals surface area contributed by atoms with Gasteiger partial charge >= 0.3 is 5.69 Å². The first-order chi connectivity index (χ1) is 5.77. The first-order valence-corrected chi connectivity index (χ1v) is 4.28. The van der Waals surface area contributed by atoms with E-state index in [1.165, 1.54) is 11.3 Å². The molecule has 5 nitrogen and oxygen atoms in total. The monoisotopic (exact) mass is 202 g/mol. The van der Waals surface area contributed by atoms with Crippen LogP contribution in [0.1, 0.15) is 0 Å². The van der Waals surface area contributed by atoms with Crippen LogP contribution in [0, 0.1) is 0 Å². The van der Waals surface area contributed by atoms with Crippen LogP contribution in [0.25, 0.3) is 5.69 Å². The molecule has 7 heteroatoms. The van der Waals surface area contributed by atoms with E-state index in [0.29, 0.717) is 10.0 Å². The molecule has 12 heavy (non-hydrogen) atoms. The van der Waals surface area contributed by atoms with Gasteiger partial charge in [0, 0.05) is 5.38 Å². The van der Waals surface area contributed by atoms with Crippen molar-refractivity contribution in [1.29, 1.82) is 0 Å². The summed E-state index contributed by atoms with van der Waals surface area (Å²) in [4.78, 5) is 11.0. The number of nitrogens with zero attached hydrogens (tertiary/aromatic N) is 3. The SMILES string of the molecule is O=c1[nH]nnn1-c1csc(Cl)c1. The van der Waals surface area contributed by atoms with Crippen molar-refractivity contribution in [2.24, 2.45) is 0 Å². The minimum atomic E-state index is -0.371. The third-order valence-corrected chi connectivity index (χ3v) is 2.35. The minimum absolute atomic E-state index is 0.371. The Kier molecular flexibility index (Phi) is 1.70. The molecule has 0 aliphatic carbocycles. The van der Waals surface area contributed by atoms with Gasteiger partial charge in [0.25, 0.3) is 0 Å². The Balaban J connectivity index is 2.58. The van der Waals surface area contributed by atoms with Gasteiger partial charge in [-0.15, -0.1) is 11.3 Å². The Morgan fingerprint density at radius 1 is 1.67 bits per heavy atom. The highest BCUT2D eigenvalue weighted by molar-refractivity contribution is 7.14. The maximum Gasteiger partial charge on any atom is 0.365 e. The van der Waals surface area contributed by atoms with Crippen LogP contribution in [-0.4, -0.2) is 20.2 Å². The maximum atomic E-state index is 11.0. The fraction of sp³-hybridized carbons (Fsp3) is 0. The van der Waals surface area contributed by atoms with E-state index >= 15 is 0 Å². The summed E-state index contributed by atoms with van der Waals surface area (Å²) in [6, 6.07) is 1.65. The van der Waals surface area contributed by atoms with Crippen molar-refractivity contribution in [2.75, 3.05) is 0 Å². The van der Waals surface area contributed by atoms with Crippen molar-refractivity contribution in [2.45, 2.75) is 0 Å². The molecule has 0 atom stereocenters. The molecule has 2 rings (SSSR count). The predicted octanol–water partition coefficient (Wildman–Crippen LogP) is 0.670. The second-order valence-electron chi connectivity index (χ2n) is 2.03. The fourth-order valence-corrected chi connectivity index (χ4v) is 1.61. The average Bonchev–Trinajstić information content (AvgIpc) is 2.58. The van der Waals surface area contributed by atoms with Crippen molar-refractivity contribution in [1.82, 2.24) is 20.2 Å². The van der Waals surface area contributed by atoms with Gasteiger partial charge in [-0.1, -0.05) is 11.6 Å². The summed E-state index contributed by atoms with van der Waals surface area (Å²) in [7, 11) is 0. The van der Waals surface area contributed by atoms with Gasteiger partial charge in [-0.25, -0.2) is 9.89 Å². The van der Waals surface area contributed by atoms with Crippen molar-refractivity contribution in [3.8, 4) is 5.69 Å². The minimum Gasteiger partial charge on any atom is -0.244 e. The van der Waals surface area contributed by atoms with Crippen molar-refractivity contribution in [3.63, 3.8) is 0 Å². The molecule has 0 saturated carbocycles. The van der Waals surface area contributed by atoms with Crippen LogP contribution >= 0.6 is 22.9 Å². The van der Waals surface area contributed by atoms with E-state index in [9.17, 15) is 4.79 Å². The zero-order valence-electron chi connectivity index (χ0n) is 5.69. The van der Waals surface area contributed by atoms with Crippen molar-refractivity contribution in [3.05, 3.63) is 26.3 Å². The molecule has 0 fully saturated rings. The number of aromatic amines is 1. The summed E-state index contributed by atoms with van der Waals surface area (Å²) < 4.78 is 1.75. The summed E-state index contributed by atoms with van der Waals surface area (Å²) in [6.45, 7) is 0. The van der Waals surface area contributed by atoms with Crippen LogP contribution in [0.5, 0.6) is 0 Å². The zero-order chi connectivity index (χ0) is 8.55. The smallest absolute Gasteiger partial charge is 0.244 e. The van der Waals surface area contributed by atoms with E-state index in [2.05, 4.69) is 15.5 Å². The highest BCUT2D eigenvalue weighted by Gasteiger charge is 2.04. The highest BCUT2D eigenvalue weighted by Crippen LogP contribution is 2.20. The zero-order valence-corrected chi connectivity index (χ0v) is 7.26. The molecule has 0 radical (unpaired) electrons. The van der Waals surface area contributed by atoms with Crippen molar-refractivity contribution < 1.29 is 0 Å². The molecule has 0 saturated heterocycles. The molecule has 1 N–H and O–H groups in total. The summed E-state index contributed by atoms with van der Waals surface area (Å²) in [6.07, 6.45) is 0. The average molecular weight is 203 g/mol. The Labute approximate surface area is 75.6 Å². The molecule has 2 aromatic heterocycles. The van der Waals surface area contributed by atoms with Crippen molar-refractivity contribution >= 4 is 22.9 Å². The molecule has 0 bridgehead atoms. The summed E-state index contributed by atoms with van der Waals surface area (Å²) in [5, 5.41) is 10.8. The van der Waals surface area contributed by atoms with Gasteiger partial charge in [-0.05, 0) is 16.5 Å². The van der Waals surface area contributed by atoms with E-state index < -0.39 is 0 Å². The van der Waals surface area contributed by atoms with Crippen LogP contribution in [0.3, 0.4) is 0 Å². The topological polar surface area (TPSA) is 63.6 Å². The van der Waals surface area contributed by atoms with Crippen LogP contribution in [-0.2, 0) is 0 Å². The molecule has 2 heterocycles. The van der Waals surface area contributed by atoms with E-state index in [1.807, 2.05) is 0 Å². The van der Waals surface area contributed by atoms with Gasteiger partial charge < -0.3 is 0 Å². The molecule has 0 aromatic carbocycles. The lowest BCUT2D eigenvalue weighted by molar-refractivity contribution is 0.782. The Morgan fingerprint density at radius 3 is 3.00 bits per heavy atom. The number of nitrogens with one attached hydrogen (secondary N) is 1. The van der Waals surface area contributed by atoms with E-state index in [1.54, 1.807) is 11.4 Å². The number of halogens is 1. The van der Waals surface area contributed by atoms with E-state index in [-0.39, 0.29) is 5.69 Å². The van der Waals surface area contributed by atoms with Crippen LogP contribution < -0.4 is 5.69 Å². The Bertz CT molecular complexity index is 444. The van der Waals surface area contributed by atoms with Gasteiger partial charge in [0.15, 0.2) is 0 Å². The standard InChI is InChI=1S/C5H3ClN4OS/c6-4-1-3(2-12-4)10-5(11)7-8-9-10/h1-2H,(H,7,9,11). The number of H-pyrrole nitrogens is 1. The quantitative estimate of drug-likeness (QED) is 0.740. The number of aromatic nitrogens is 4. The molecule has 0 amide bonds. The van der Waals surface area contributed by atoms with Gasteiger partial charge in [0.05, 0.1) is 10.0 Å². The lowest BCUT2D eigenvalue weighted by Gasteiger charge is -1.87. The van der Waals surface area contributed by atoms with Crippen LogP contribution in [0.15, 0.2) is 16.2 Å². The molecule has 62 valence electrons. The second kappa shape index (κ2) is 2.72. The Hall–Kier alpha value is -1.14. The number of rotatable bonds is 1. The lowest BCUT2D eigenvalue weighted by atomic mass is 10.5. The molecular formula is C5H3ClN4OS. The summed E-state index contributed by atoms with van der Waals surface area (Å²) in [5.41, 5.74) is 0.258. The molecule has 0 unspecified atom stereocenters. The van der Waals surface area contributed by atoms with Crippen LogP contribution in [0.4, 0.5) is 0 Å². The third kappa shape index (κ3) is 1.15. The molecule has 2 aromatic rings. The number of hydrogen-bond donors (Lipinski definition) is 1. The lowest BCUT2D eigenvalue weighted by Crippen LogP contribution is -2.14. The van der Waals surface area contributed by atoms with Gasteiger partial charge in [0.1, 0.15) is 0 Å². The van der Waals surface area contributed by atoms with Crippen LogP contribution in [0.2, 0.25) is 4.34 Å². The normalized spacial score (nSPS) is 10.4. The van der Waals surface area contributed by atoms with E-state index in [0.717, 1.165) is 4.68 Å². The first kappa shape index (κ1) is 7.51. The number of hydrogen-bond acceptors (Lipinski definition) is 4. The number of thiophene rings is 1. The maximum absolute atomic E-state index is 11.0. The van der Waals surface area contributed by atoms with Gasteiger partial charge in [-0.2, -0.15) is 4.68 Å². The summed E-state index contributed by atoms with van der Waals surface area (Å²) in [5.74, 6) is 0. The predicted molar refractivity (Wildman–Crippen MR) is 44.9 cm³/mol. The Morgan fingerprint density at radius 2 is 2.50 bits per heavy atom. The summed E-state index contributed by atoms with van der Waals surface area (Å²) >= 11 is 7.01. The third-order valence-electron chi connectivity index (χ3n) is 1.27. The molecule has 0 aliphatic heterocycles. The largest absolute Gasteiger partial charge is 0.365 e. The van der Waals surface area contributed by atoms with Gasteiger partial charge in [-0.3, -0.25) is 0 Å². The highest BCUT2D eigenvalue weighted by atomic mass is 35.5. The van der Waals surface area contributed by atoms with Gasteiger partial charge in [0.2, 0.25) is 0 Å². The second-order valence-corrected chi connectivity index (χ2v) is 3.57.